The molecule has 2 nitrogen and oxygen atoms in total. The van der Waals surface area contributed by atoms with Gasteiger partial charge in [0.05, 0.1) is 17.1 Å². The quantitative estimate of drug-likeness (QED) is 0.0553. The largest absolute Gasteiger partial charge is 0.255 e. The number of aryl methyl sites for hydroxylation is 3. The summed E-state index contributed by atoms with van der Waals surface area (Å²) >= 11 is 0. The van der Waals surface area contributed by atoms with Gasteiger partial charge in [0.1, 0.15) is 0 Å². The van der Waals surface area contributed by atoms with Gasteiger partial charge in [-0.05, 0) is 92.3 Å². The van der Waals surface area contributed by atoms with Crippen molar-refractivity contribution in [3.05, 3.63) is 59.2 Å². The van der Waals surface area contributed by atoms with Crippen molar-refractivity contribution in [2.75, 3.05) is 0 Å². The summed E-state index contributed by atoms with van der Waals surface area (Å²) in [5, 5.41) is 0. The van der Waals surface area contributed by atoms with Crippen LogP contribution in [-0.2, 0) is 35.8 Å². The van der Waals surface area contributed by atoms with E-state index in [0.29, 0.717) is 0 Å². The van der Waals surface area contributed by atoms with Crippen molar-refractivity contribution in [3.63, 3.8) is 0 Å². The van der Waals surface area contributed by atoms with Gasteiger partial charge in [0, 0.05) is 22.7 Å². The van der Waals surface area contributed by atoms with E-state index in [0.717, 1.165) is 49.2 Å². The summed E-state index contributed by atoms with van der Waals surface area (Å²) in [4.78, 5) is 10.1. The van der Waals surface area contributed by atoms with E-state index in [1.54, 1.807) is 0 Å². The summed E-state index contributed by atoms with van der Waals surface area (Å²) < 4.78 is 0. The summed E-state index contributed by atoms with van der Waals surface area (Å²) in [6.45, 7) is 9.11. The van der Waals surface area contributed by atoms with Crippen molar-refractivity contribution in [2.45, 2.75) is 175 Å². The van der Waals surface area contributed by atoms with Crippen LogP contribution in [-0.4, -0.2) is 11.9 Å². The van der Waals surface area contributed by atoms with Crippen molar-refractivity contribution in [2.24, 2.45) is 9.98 Å². The Balaban J connectivity index is 0.00000968. The molecule has 0 saturated heterocycles. The number of aliphatic imine (C=N–C) groups is 2. The van der Waals surface area contributed by atoms with E-state index < -0.39 is 0 Å². The smallest absolute Gasteiger partial charge is 0.0636 e. The second kappa shape index (κ2) is 27.6. The summed E-state index contributed by atoms with van der Waals surface area (Å²) in [5.74, 6) is 0. The van der Waals surface area contributed by atoms with Crippen molar-refractivity contribution in [1.29, 1.82) is 0 Å². The van der Waals surface area contributed by atoms with E-state index in [2.05, 4.69) is 70.2 Å². The average Bonchev–Trinajstić information content (AvgIpc) is 3.01. The Morgan fingerprint density at radius 3 is 1.52 bits per heavy atom. The van der Waals surface area contributed by atoms with Gasteiger partial charge in [-0.1, -0.05) is 142 Å². The van der Waals surface area contributed by atoms with Crippen LogP contribution in [0.15, 0.2) is 52.4 Å². The first-order valence-electron chi connectivity index (χ1n) is 18.5. The topological polar surface area (TPSA) is 24.7 Å². The molecule has 0 amide bonds. The average molecular weight is 646 g/mol. The van der Waals surface area contributed by atoms with Gasteiger partial charge in [-0.3, -0.25) is 9.98 Å². The molecule has 250 valence electrons. The molecular weight excluding hydrogens is 579 g/mol. The Hall–Kier alpha value is -1.73. The Labute approximate surface area is 283 Å². The third-order valence-electron chi connectivity index (χ3n) is 8.58. The van der Waals surface area contributed by atoms with E-state index in [1.165, 1.54) is 132 Å². The predicted octanol–water partition coefficient (Wildman–Crippen LogP) is 13.7. The molecule has 44 heavy (non-hydrogen) atoms. The molecule has 2 rings (SSSR count). The molecule has 0 unspecified atom stereocenters. The molecular formula is C41H66N2Ni. The molecule has 0 radical (unpaired) electrons. The molecule has 2 aromatic carbocycles. The fraction of sp³-hybridized carbons (Fsp3) is 0.659. The zero-order valence-electron chi connectivity index (χ0n) is 29.1. The van der Waals surface area contributed by atoms with E-state index in [-0.39, 0.29) is 16.5 Å². The van der Waals surface area contributed by atoms with Crippen LogP contribution in [0.3, 0.4) is 0 Å². The zero-order valence-corrected chi connectivity index (χ0v) is 30.1. The summed E-state index contributed by atoms with van der Waals surface area (Å²) in [6, 6.07) is 16.0. The van der Waals surface area contributed by atoms with Gasteiger partial charge < -0.3 is 0 Å². The fourth-order valence-corrected chi connectivity index (χ4v) is 5.86. The monoisotopic (exact) mass is 644 g/mol. The number of hydrogen-bond donors (Lipinski definition) is 0. The fourth-order valence-electron chi connectivity index (χ4n) is 5.86. The van der Waals surface area contributed by atoms with Gasteiger partial charge in [0.25, 0.3) is 0 Å². The molecule has 0 aliphatic heterocycles. The maximum Gasteiger partial charge on any atom is 0.0636 e. The normalized spacial score (nSPS) is 11.8. The molecule has 3 heteroatoms. The van der Waals surface area contributed by atoms with Crippen LogP contribution in [0.5, 0.6) is 0 Å². The molecule has 0 heterocycles. The van der Waals surface area contributed by atoms with E-state index >= 15 is 0 Å². The summed E-state index contributed by atoms with van der Waals surface area (Å²) in [6.07, 6.45) is 31.7. The number of unbranched alkanes of at least 4 members (excludes halogenated alkanes) is 15. The second-order valence-electron chi connectivity index (χ2n) is 12.8. The number of rotatable bonds is 26. The van der Waals surface area contributed by atoms with Crippen LogP contribution >= 0.6 is 0 Å². The van der Waals surface area contributed by atoms with Crippen LogP contribution in [0.4, 0.5) is 11.4 Å². The van der Waals surface area contributed by atoms with Gasteiger partial charge in [-0.25, -0.2) is 0 Å². The Bertz CT molecular complexity index is 997. The molecule has 0 saturated carbocycles. The first-order valence-corrected chi connectivity index (χ1v) is 18.5. The van der Waals surface area contributed by atoms with Crippen molar-refractivity contribution in [1.82, 2.24) is 0 Å². The second-order valence-corrected chi connectivity index (χ2v) is 12.8. The maximum absolute atomic E-state index is 5.11. The third-order valence-corrected chi connectivity index (χ3v) is 8.58. The minimum atomic E-state index is 0. The first-order chi connectivity index (χ1) is 21.2. The van der Waals surface area contributed by atoms with Gasteiger partial charge in [0.15, 0.2) is 0 Å². The van der Waals surface area contributed by atoms with E-state index in [9.17, 15) is 0 Å². The maximum atomic E-state index is 5.11. The molecule has 0 fully saturated rings. The Morgan fingerprint density at radius 2 is 0.955 bits per heavy atom. The Kier molecular flexibility index (Phi) is 25.3. The van der Waals surface area contributed by atoms with Gasteiger partial charge in [-0.2, -0.15) is 0 Å². The first kappa shape index (κ1) is 40.3. The SMILES string of the molecule is CCCCCCCCCCCCCc1cccc(/N=C(/C=N/c2cc(CCCCC)cc(CCCCC)c2)CCCC)c1.[Ni]. The van der Waals surface area contributed by atoms with Crippen LogP contribution in [0, 0.1) is 0 Å². The third kappa shape index (κ3) is 19.6. The van der Waals surface area contributed by atoms with E-state index in [4.69, 9.17) is 9.98 Å². The minimum Gasteiger partial charge on any atom is -0.255 e. The van der Waals surface area contributed by atoms with Gasteiger partial charge in [0.2, 0.25) is 0 Å². The molecule has 2 aromatic rings. The van der Waals surface area contributed by atoms with Gasteiger partial charge in [-0.15, -0.1) is 0 Å². The van der Waals surface area contributed by atoms with E-state index in [1.807, 2.05) is 6.21 Å². The van der Waals surface area contributed by atoms with Crippen molar-refractivity contribution < 1.29 is 16.5 Å². The van der Waals surface area contributed by atoms with Crippen LogP contribution in [0.25, 0.3) is 0 Å². The van der Waals surface area contributed by atoms with Crippen molar-refractivity contribution in [3.8, 4) is 0 Å². The zero-order chi connectivity index (χ0) is 30.8. The molecule has 0 spiro atoms. The van der Waals surface area contributed by atoms with Crippen molar-refractivity contribution >= 4 is 23.3 Å². The Morgan fingerprint density at radius 1 is 0.500 bits per heavy atom. The molecule has 0 aromatic heterocycles. The number of nitrogens with zero attached hydrogens (tertiary/aromatic N) is 2. The van der Waals surface area contributed by atoms with Gasteiger partial charge >= 0.3 is 0 Å². The molecule has 0 bridgehead atoms. The summed E-state index contributed by atoms with van der Waals surface area (Å²) in [7, 11) is 0. The summed E-state index contributed by atoms with van der Waals surface area (Å²) in [5.41, 5.74) is 7.56. The molecule has 0 aliphatic carbocycles. The molecule has 0 aliphatic rings. The predicted molar refractivity (Wildman–Crippen MR) is 194 cm³/mol. The molecule has 0 atom stereocenters. The molecule has 0 N–H and O–H groups in total. The minimum absolute atomic E-state index is 0. The standard InChI is InChI=1S/C41H66N2.Ni/c1-5-9-13-14-15-16-17-18-19-20-23-25-36-28-24-30-39(32-36)43-40(29-12-8-4)35-42-41-33-37(26-21-10-6-2)31-38(34-41)27-22-11-7-3;/h24,28,30-35H,5-23,25-27,29H2,1-4H3;/b42-35+,43-40+;. The number of benzene rings is 2. The van der Waals surface area contributed by atoms with Crippen LogP contribution in [0.2, 0.25) is 0 Å². The van der Waals surface area contributed by atoms with Crippen LogP contribution < -0.4 is 0 Å². The number of hydrogen-bond acceptors (Lipinski definition) is 2. The van der Waals surface area contributed by atoms with Crippen LogP contribution in [0.1, 0.15) is 173 Å².